The topological polar surface area (TPSA) is 96.0 Å². The van der Waals surface area contributed by atoms with Gasteiger partial charge in [0.25, 0.3) is 11.8 Å². The third kappa shape index (κ3) is 2.89. The van der Waals surface area contributed by atoms with E-state index < -0.39 is 6.04 Å². The highest BCUT2D eigenvalue weighted by Gasteiger charge is 2.41. The number of piperazine rings is 1. The van der Waals surface area contributed by atoms with Crippen molar-refractivity contribution in [3.8, 4) is 11.3 Å². The molecule has 146 valence electrons. The zero-order valence-corrected chi connectivity index (χ0v) is 15.3. The maximum atomic E-state index is 13.2. The second-order valence-corrected chi connectivity index (χ2v) is 6.97. The molecule has 0 bridgehead atoms. The third-order valence-electron chi connectivity index (χ3n) is 5.28. The molecule has 1 fully saturated rings. The number of nitrogens with one attached hydrogen (secondary N) is 1. The first kappa shape index (κ1) is 17.3. The molecule has 4 heterocycles. The van der Waals surface area contributed by atoms with E-state index in [0.717, 1.165) is 5.56 Å². The number of nitrogens with zero attached hydrogens (tertiary/aromatic N) is 2. The minimum absolute atomic E-state index is 0.107. The summed E-state index contributed by atoms with van der Waals surface area (Å²) in [5, 5.41) is 2.83. The molecule has 1 atom stereocenters. The second-order valence-electron chi connectivity index (χ2n) is 6.97. The summed E-state index contributed by atoms with van der Waals surface area (Å²) in [7, 11) is 0. The summed E-state index contributed by atoms with van der Waals surface area (Å²) in [6.45, 7) is 0.687. The van der Waals surface area contributed by atoms with Crippen molar-refractivity contribution in [1.29, 1.82) is 0 Å². The monoisotopic (exact) mass is 391 g/mol. The zero-order valence-electron chi connectivity index (χ0n) is 15.3. The van der Waals surface area contributed by atoms with E-state index in [2.05, 4.69) is 5.32 Å². The number of benzene rings is 1. The number of amides is 3. The van der Waals surface area contributed by atoms with Crippen LogP contribution in [0.2, 0.25) is 0 Å². The van der Waals surface area contributed by atoms with E-state index >= 15 is 0 Å². The predicted octanol–water partition coefficient (Wildman–Crippen LogP) is 2.46. The van der Waals surface area contributed by atoms with Crippen molar-refractivity contribution < 1.29 is 23.2 Å². The molecule has 5 rings (SSSR count). The lowest BCUT2D eigenvalue weighted by molar-refractivity contribution is -0.121. The Labute approximate surface area is 165 Å². The first-order chi connectivity index (χ1) is 14.1. The zero-order chi connectivity index (χ0) is 20.0. The van der Waals surface area contributed by atoms with Gasteiger partial charge in [0.2, 0.25) is 5.91 Å². The summed E-state index contributed by atoms with van der Waals surface area (Å²) in [6, 6.07) is 11.3. The molecule has 8 heteroatoms. The molecule has 1 aromatic carbocycles. The number of hydrogen-bond donors (Lipinski definition) is 1. The van der Waals surface area contributed by atoms with E-state index in [1.165, 1.54) is 16.1 Å². The Bertz CT molecular complexity index is 1090. The average molecular weight is 391 g/mol. The van der Waals surface area contributed by atoms with Crippen LogP contribution >= 0.6 is 0 Å². The van der Waals surface area contributed by atoms with E-state index in [4.69, 9.17) is 8.83 Å². The molecule has 0 aliphatic carbocycles. The summed E-state index contributed by atoms with van der Waals surface area (Å²) >= 11 is 0. The van der Waals surface area contributed by atoms with Crippen LogP contribution in [-0.4, -0.2) is 53.2 Å². The number of fused-ring (bicyclic) bond motifs is 2. The van der Waals surface area contributed by atoms with Crippen molar-refractivity contribution in [2.24, 2.45) is 0 Å². The number of carbonyl (C=O) groups excluding carboxylic acids is 3. The average Bonchev–Trinajstić information content (AvgIpc) is 3.45. The first-order valence-corrected chi connectivity index (χ1v) is 9.24. The quantitative estimate of drug-likeness (QED) is 0.724. The Morgan fingerprint density at radius 3 is 2.62 bits per heavy atom. The fourth-order valence-corrected chi connectivity index (χ4v) is 3.79. The maximum absolute atomic E-state index is 13.2. The smallest absolute Gasteiger partial charge is 0.289 e. The molecule has 8 nitrogen and oxygen atoms in total. The molecule has 2 aromatic heterocycles. The largest absolute Gasteiger partial charge is 0.464 e. The van der Waals surface area contributed by atoms with Crippen LogP contribution in [0, 0.1) is 0 Å². The fourth-order valence-electron chi connectivity index (χ4n) is 3.79. The number of furan rings is 2. The van der Waals surface area contributed by atoms with Gasteiger partial charge >= 0.3 is 0 Å². The Kier molecular flexibility index (Phi) is 3.97. The van der Waals surface area contributed by atoms with Crippen LogP contribution in [0.1, 0.15) is 20.9 Å². The minimum atomic E-state index is -0.769. The summed E-state index contributed by atoms with van der Waals surface area (Å²) in [4.78, 5) is 41.7. The molecule has 3 aromatic rings. The normalized spacial score (nSPS) is 18.7. The Morgan fingerprint density at radius 2 is 1.86 bits per heavy atom. The molecule has 3 amide bonds. The van der Waals surface area contributed by atoms with Crippen LogP contribution in [0.4, 0.5) is 5.69 Å². The SMILES string of the molecule is O=C1Nc2ccc(-c3ccco3)cc2C(=O)N2CCN(C(=O)c3ccco3)CC12. The van der Waals surface area contributed by atoms with Gasteiger partial charge in [-0.25, -0.2) is 0 Å². The van der Waals surface area contributed by atoms with Crippen molar-refractivity contribution in [1.82, 2.24) is 9.80 Å². The molecular formula is C21H17N3O5. The van der Waals surface area contributed by atoms with Crippen LogP contribution in [0.5, 0.6) is 0 Å². The molecule has 2 aliphatic rings. The fraction of sp³-hybridized carbons (Fsp3) is 0.190. The Hall–Kier alpha value is -3.81. The molecule has 1 unspecified atom stereocenters. The summed E-state index contributed by atoms with van der Waals surface area (Å²) in [5.41, 5.74) is 1.61. The maximum Gasteiger partial charge on any atom is 0.289 e. The Balaban J connectivity index is 1.45. The molecule has 29 heavy (non-hydrogen) atoms. The van der Waals surface area contributed by atoms with Crippen LogP contribution in [0.25, 0.3) is 11.3 Å². The van der Waals surface area contributed by atoms with Crippen LogP contribution in [-0.2, 0) is 4.79 Å². The van der Waals surface area contributed by atoms with Gasteiger partial charge in [-0.2, -0.15) is 0 Å². The van der Waals surface area contributed by atoms with Gasteiger partial charge in [-0.1, -0.05) is 0 Å². The van der Waals surface area contributed by atoms with Gasteiger partial charge < -0.3 is 24.0 Å². The highest BCUT2D eigenvalue weighted by atomic mass is 16.3. The molecular weight excluding hydrogens is 374 g/mol. The van der Waals surface area contributed by atoms with E-state index in [9.17, 15) is 14.4 Å². The van der Waals surface area contributed by atoms with E-state index in [-0.39, 0.29) is 36.6 Å². The molecule has 1 saturated heterocycles. The highest BCUT2D eigenvalue weighted by Crippen LogP contribution is 2.30. The summed E-state index contributed by atoms with van der Waals surface area (Å²) in [6.07, 6.45) is 2.99. The summed E-state index contributed by atoms with van der Waals surface area (Å²) in [5.74, 6) is -0.00909. The van der Waals surface area contributed by atoms with E-state index in [0.29, 0.717) is 23.6 Å². The lowest BCUT2D eigenvalue weighted by Gasteiger charge is -2.38. The van der Waals surface area contributed by atoms with Crippen LogP contribution in [0.15, 0.2) is 63.8 Å². The minimum Gasteiger partial charge on any atom is -0.464 e. The van der Waals surface area contributed by atoms with Gasteiger partial charge in [0, 0.05) is 18.7 Å². The van der Waals surface area contributed by atoms with Crippen molar-refractivity contribution in [3.05, 3.63) is 66.3 Å². The highest BCUT2D eigenvalue weighted by molar-refractivity contribution is 6.11. The standard InChI is InChI=1S/C21H17N3O5/c25-19-16-12-23(21(27)18-4-2-10-29-18)7-8-24(16)20(26)14-11-13(5-6-15(14)22-19)17-3-1-9-28-17/h1-6,9-11,16H,7-8,12H2,(H,22,25). The van der Waals surface area contributed by atoms with Crippen molar-refractivity contribution in [3.63, 3.8) is 0 Å². The third-order valence-corrected chi connectivity index (χ3v) is 5.28. The van der Waals surface area contributed by atoms with Gasteiger partial charge in [0.05, 0.1) is 30.3 Å². The molecule has 1 N–H and O–H groups in total. The lowest BCUT2D eigenvalue weighted by atomic mass is 10.1. The molecule has 0 saturated carbocycles. The molecule has 0 spiro atoms. The number of hydrogen-bond acceptors (Lipinski definition) is 5. The molecule has 0 radical (unpaired) electrons. The van der Waals surface area contributed by atoms with E-state index in [1.54, 1.807) is 42.7 Å². The van der Waals surface area contributed by atoms with Gasteiger partial charge in [0.1, 0.15) is 11.8 Å². The predicted molar refractivity (Wildman–Crippen MR) is 102 cm³/mol. The van der Waals surface area contributed by atoms with Gasteiger partial charge in [-0.05, 0) is 42.5 Å². The van der Waals surface area contributed by atoms with Crippen molar-refractivity contribution in [2.45, 2.75) is 6.04 Å². The van der Waals surface area contributed by atoms with Crippen LogP contribution < -0.4 is 5.32 Å². The number of anilines is 1. The Morgan fingerprint density at radius 1 is 1.03 bits per heavy atom. The van der Waals surface area contributed by atoms with Gasteiger partial charge in [-0.3, -0.25) is 14.4 Å². The van der Waals surface area contributed by atoms with Crippen molar-refractivity contribution >= 4 is 23.4 Å². The number of carbonyl (C=O) groups is 3. The second kappa shape index (κ2) is 6.66. The van der Waals surface area contributed by atoms with Gasteiger partial charge in [0.15, 0.2) is 5.76 Å². The first-order valence-electron chi connectivity index (χ1n) is 9.24. The molecule has 2 aliphatic heterocycles. The van der Waals surface area contributed by atoms with Crippen LogP contribution in [0.3, 0.4) is 0 Å². The lowest BCUT2D eigenvalue weighted by Crippen LogP contribution is -2.59. The van der Waals surface area contributed by atoms with E-state index in [1.807, 2.05) is 6.07 Å². The van der Waals surface area contributed by atoms with Crippen molar-refractivity contribution in [2.75, 3.05) is 25.0 Å². The number of rotatable bonds is 2. The van der Waals surface area contributed by atoms with Gasteiger partial charge in [-0.15, -0.1) is 0 Å². The summed E-state index contributed by atoms with van der Waals surface area (Å²) < 4.78 is 10.6.